The van der Waals surface area contributed by atoms with Crippen molar-refractivity contribution in [1.82, 2.24) is 0 Å². The second kappa shape index (κ2) is 6.69. The summed E-state index contributed by atoms with van der Waals surface area (Å²) in [5.41, 5.74) is 0.120. The van der Waals surface area contributed by atoms with Crippen molar-refractivity contribution in [2.75, 3.05) is 21.0 Å². The van der Waals surface area contributed by atoms with Crippen molar-refractivity contribution in [3.8, 4) is 11.5 Å². The van der Waals surface area contributed by atoms with Gasteiger partial charge in [-0.3, -0.25) is 4.79 Å². The average Bonchev–Trinajstić information content (AvgIpc) is 3.26. The number of hydrogen-bond donors (Lipinski definition) is 0. The van der Waals surface area contributed by atoms with Crippen molar-refractivity contribution < 1.29 is 28.5 Å². The van der Waals surface area contributed by atoms with Crippen LogP contribution in [0.25, 0.3) is 0 Å². The average molecular weight is 372 g/mol. The highest BCUT2D eigenvalue weighted by Crippen LogP contribution is 2.55. The predicted octanol–water partition coefficient (Wildman–Crippen LogP) is 3.18. The van der Waals surface area contributed by atoms with E-state index in [4.69, 9.17) is 23.7 Å². The van der Waals surface area contributed by atoms with Crippen LogP contribution in [0.5, 0.6) is 11.5 Å². The van der Waals surface area contributed by atoms with E-state index in [1.165, 1.54) is 0 Å². The van der Waals surface area contributed by atoms with Crippen molar-refractivity contribution >= 4 is 5.78 Å². The Kier molecular flexibility index (Phi) is 4.48. The molecule has 5 atom stereocenters. The lowest BCUT2D eigenvalue weighted by Gasteiger charge is -2.42. The van der Waals surface area contributed by atoms with Gasteiger partial charge in [-0.25, -0.2) is 0 Å². The molecule has 1 fully saturated rings. The Morgan fingerprint density at radius 2 is 2.07 bits per heavy atom. The maximum Gasteiger partial charge on any atom is 0.231 e. The van der Waals surface area contributed by atoms with Gasteiger partial charge >= 0.3 is 0 Å². The highest BCUT2D eigenvalue weighted by molar-refractivity contribution is 5.94. The zero-order valence-corrected chi connectivity index (χ0v) is 15.8. The smallest absolute Gasteiger partial charge is 0.231 e. The molecule has 0 bridgehead atoms. The van der Waals surface area contributed by atoms with Gasteiger partial charge in [-0.2, -0.15) is 0 Å². The Bertz CT molecular complexity index is 800. The van der Waals surface area contributed by atoms with E-state index in [0.29, 0.717) is 17.9 Å². The number of fused-ring (bicyclic) bond motifs is 2. The van der Waals surface area contributed by atoms with Gasteiger partial charge in [0.2, 0.25) is 6.79 Å². The number of hydrogen-bond acceptors (Lipinski definition) is 6. The van der Waals surface area contributed by atoms with E-state index in [1.807, 2.05) is 18.2 Å². The number of methoxy groups -OCH3 is 2. The molecule has 0 aromatic heterocycles. The Morgan fingerprint density at radius 1 is 1.30 bits per heavy atom. The van der Waals surface area contributed by atoms with Gasteiger partial charge in [-0.1, -0.05) is 19.1 Å². The molecule has 0 amide bonds. The fraction of sp³-hybridized carbons (Fsp3) is 0.476. The van der Waals surface area contributed by atoms with E-state index >= 15 is 0 Å². The van der Waals surface area contributed by atoms with Gasteiger partial charge in [0.1, 0.15) is 11.9 Å². The SMILES string of the molecule is C=CC[C@@H]1C(=O)C=C(OC)[C@@]2(OC)[C@@H]1O[C@@H](c1ccc3c(c1)OCO3)[C@@H]2C. The van der Waals surface area contributed by atoms with Gasteiger partial charge in [0, 0.05) is 19.1 Å². The highest BCUT2D eigenvalue weighted by atomic mass is 16.7. The minimum atomic E-state index is -0.836. The molecule has 144 valence electrons. The Balaban J connectivity index is 1.78. The van der Waals surface area contributed by atoms with Gasteiger partial charge in [0.15, 0.2) is 22.9 Å². The number of carbonyl (C=O) groups excluding carboxylic acids is 1. The summed E-state index contributed by atoms with van der Waals surface area (Å²) in [6.45, 7) is 6.08. The predicted molar refractivity (Wildman–Crippen MR) is 97.5 cm³/mol. The van der Waals surface area contributed by atoms with Crippen LogP contribution in [0.3, 0.4) is 0 Å². The molecule has 0 radical (unpaired) electrons. The first-order chi connectivity index (χ1) is 13.1. The summed E-state index contributed by atoms with van der Waals surface area (Å²) >= 11 is 0. The molecule has 1 saturated heterocycles. The van der Waals surface area contributed by atoms with Crippen LogP contribution in [-0.4, -0.2) is 38.5 Å². The van der Waals surface area contributed by atoms with E-state index in [9.17, 15) is 4.79 Å². The zero-order valence-electron chi connectivity index (χ0n) is 15.8. The second-order valence-corrected chi connectivity index (χ2v) is 7.12. The topological polar surface area (TPSA) is 63.2 Å². The number of ketones is 1. The first kappa shape index (κ1) is 18.1. The summed E-state index contributed by atoms with van der Waals surface area (Å²) in [5.74, 6) is 1.47. The van der Waals surface area contributed by atoms with E-state index in [-0.39, 0.29) is 30.5 Å². The fourth-order valence-corrected chi connectivity index (χ4v) is 4.62. The first-order valence-corrected chi connectivity index (χ1v) is 9.07. The zero-order chi connectivity index (χ0) is 19.2. The van der Waals surface area contributed by atoms with Crippen molar-refractivity contribution in [3.63, 3.8) is 0 Å². The van der Waals surface area contributed by atoms with Crippen molar-refractivity contribution in [2.45, 2.75) is 31.2 Å². The molecule has 6 nitrogen and oxygen atoms in total. The molecule has 0 N–H and O–H groups in total. The third-order valence-corrected chi connectivity index (χ3v) is 5.94. The lowest BCUT2D eigenvalue weighted by molar-refractivity contribution is -0.141. The van der Waals surface area contributed by atoms with Gasteiger partial charge in [-0.15, -0.1) is 6.58 Å². The molecule has 1 aromatic carbocycles. The van der Waals surface area contributed by atoms with Crippen LogP contribution < -0.4 is 9.47 Å². The van der Waals surface area contributed by atoms with Gasteiger partial charge in [0.25, 0.3) is 0 Å². The molecular formula is C21H24O6. The molecule has 27 heavy (non-hydrogen) atoms. The molecule has 0 spiro atoms. The summed E-state index contributed by atoms with van der Waals surface area (Å²) < 4.78 is 29.0. The van der Waals surface area contributed by atoms with E-state index in [1.54, 1.807) is 26.4 Å². The van der Waals surface area contributed by atoms with E-state index in [0.717, 1.165) is 11.3 Å². The van der Waals surface area contributed by atoms with Crippen LogP contribution in [0.4, 0.5) is 0 Å². The molecular weight excluding hydrogens is 348 g/mol. The summed E-state index contributed by atoms with van der Waals surface area (Å²) in [7, 11) is 3.20. The van der Waals surface area contributed by atoms with Gasteiger partial charge < -0.3 is 23.7 Å². The molecule has 0 unspecified atom stereocenters. The van der Waals surface area contributed by atoms with Crippen LogP contribution in [0.1, 0.15) is 25.0 Å². The largest absolute Gasteiger partial charge is 0.498 e. The van der Waals surface area contributed by atoms with Crippen LogP contribution in [-0.2, 0) is 19.0 Å². The number of allylic oxidation sites excluding steroid dienone is 2. The minimum Gasteiger partial charge on any atom is -0.498 e. The maximum absolute atomic E-state index is 12.7. The van der Waals surface area contributed by atoms with Crippen LogP contribution in [0.2, 0.25) is 0 Å². The molecule has 1 aliphatic carbocycles. The lowest BCUT2D eigenvalue weighted by Crippen LogP contribution is -2.54. The monoisotopic (exact) mass is 372 g/mol. The molecule has 2 aliphatic heterocycles. The second-order valence-electron chi connectivity index (χ2n) is 7.12. The Morgan fingerprint density at radius 3 is 2.78 bits per heavy atom. The summed E-state index contributed by atoms with van der Waals surface area (Å²) in [6.07, 6.45) is 3.08. The first-order valence-electron chi connectivity index (χ1n) is 9.07. The normalized spacial score (nSPS) is 34.2. The van der Waals surface area contributed by atoms with Crippen molar-refractivity contribution in [3.05, 3.63) is 48.3 Å². The quantitative estimate of drug-likeness (QED) is 0.740. The van der Waals surface area contributed by atoms with Crippen molar-refractivity contribution in [1.29, 1.82) is 0 Å². The van der Waals surface area contributed by atoms with Crippen LogP contribution >= 0.6 is 0 Å². The van der Waals surface area contributed by atoms with Crippen molar-refractivity contribution in [2.24, 2.45) is 11.8 Å². The Hall–Kier alpha value is -2.31. The molecule has 4 rings (SSSR count). The lowest BCUT2D eigenvalue weighted by atomic mass is 9.71. The molecule has 2 heterocycles. The number of ether oxygens (including phenoxy) is 5. The number of rotatable bonds is 5. The standard InChI is InChI=1S/C21H24O6/c1-5-6-14-15(22)10-18(23-3)21(24-4)12(2)19(27-20(14)21)13-7-8-16-17(9-13)26-11-25-16/h5,7-10,12,14,19-20H,1,6,11H2,2-4H3/t12-,14+,19+,20+,21+/m0/s1. The summed E-state index contributed by atoms with van der Waals surface area (Å²) in [5, 5.41) is 0. The highest BCUT2D eigenvalue weighted by Gasteiger charge is 2.63. The third kappa shape index (κ3) is 2.51. The third-order valence-electron chi connectivity index (χ3n) is 5.94. The van der Waals surface area contributed by atoms with Gasteiger partial charge in [-0.05, 0) is 24.1 Å². The molecule has 0 saturated carbocycles. The Labute approximate surface area is 158 Å². The molecule has 3 aliphatic rings. The fourth-order valence-electron chi connectivity index (χ4n) is 4.62. The number of carbonyl (C=O) groups is 1. The summed E-state index contributed by atoms with van der Waals surface area (Å²) in [4.78, 5) is 12.7. The minimum absolute atomic E-state index is 0.0250. The molecule has 1 aromatic rings. The summed E-state index contributed by atoms with van der Waals surface area (Å²) in [6, 6.07) is 5.79. The van der Waals surface area contributed by atoms with E-state index in [2.05, 4.69) is 13.5 Å². The van der Waals surface area contributed by atoms with E-state index < -0.39 is 11.7 Å². The van der Waals surface area contributed by atoms with Crippen LogP contribution in [0, 0.1) is 11.8 Å². The maximum atomic E-state index is 12.7. The molecule has 6 heteroatoms. The number of benzene rings is 1. The van der Waals surface area contributed by atoms with Gasteiger partial charge in [0.05, 0.1) is 19.1 Å². The van der Waals surface area contributed by atoms with Crippen LogP contribution in [0.15, 0.2) is 42.7 Å².